The standard InChI is InChI=1S/C15H19F4N/c1-10(11-4-2-6-13(16)8-11)20-14-7-3-5-12(9-14)15(17,18)19/h2,4,6,8,10,12,14,20H,3,5,7,9H2,1H3/t10-,12?,14?/m1/s1. The second-order valence-corrected chi connectivity index (χ2v) is 5.55. The van der Waals surface area contributed by atoms with Crippen LogP contribution in [0.15, 0.2) is 24.3 Å². The summed E-state index contributed by atoms with van der Waals surface area (Å²) in [6.45, 7) is 1.85. The van der Waals surface area contributed by atoms with Crippen molar-refractivity contribution in [1.82, 2.24) is 5.32 Å². The summed E-state index contributed by atoms with van der Waals surface area (Å²) in [5.74, 6) is -1.54. The van der Waals surface area contributed by atoms with Gasteiger partial charge in [0.2, 0.25) is 0 Å². The van der Waals surface area contributed by atoms with Crippen LogP contribution in [0, 0.1) is 11.7 Å². The maximum atomic E-state index is 13.1. The molecule has 112 valence electrons. The molecular formula is C15H19F4N. The zero-order valence-corrected chi connectivity index (χ0v) is 11.4. The van der Waals surface area contributed by atoms with E-state index in [9.17, 15) is 17.6 Å². The van der Waals surface area contributed by atoms with Gasteiger partial charge >= 0.3 is 6.18 Å². The Morgan fingerprint density at radius 1 is 1.25 bits per heavy atom. The molecule has 0 bridgehead atoms. The quantitative estimate of drug-likeness (QED) is 0.802. The number of halogens is 4. The maximum Gasteiger partial charge on any atom is 0.391 e. The first-order chi connectivity index (χ1) is 9.36. The Labute approximate surface area is 116 Å². The van der Waals surface area contributed by atoms with Gasteiger partial charge in [0, 0.05) is 12.1 Å². The second kappa shape index (κ2) is 6.12. The topological polar surface area (TPSA) is 12.0 Å². The van der Waals surface area contributed by atoms with Crippen molar-refractivity contribution in [3.8, 4) is 0 Å². The summed E-state index contributed by atoms with van der Waals surface area (Å²) in [6.07, 6.45) is -2.45. The molecule has 1 N–H and O–H groups in total. The predicted octanol–water partition coefficient (Wildman–Crippen LogP) is 4.60. The normalized spacial score (nSPS) is 25.4. The van der Waals surface area contributed by atoms with E-state index < -0.39 is 12.1 Å². The predicted molar refractivity (Wildman–Crippen MR) is 69.8 cm³/mol. The van der Waals surface area contributed by atoms with Gasteiger partial charge in [-0.3, -0.25) is 0 Å². The van der Waals surface area contributed by atoms with E-state index in [0.29, 0.717) is 6.42 Å². The van der Waals surface area contributed by atoms with Crippen LogP contribution in [0.25, 0.3) is 0 Å². The minimum Gasteiger partial charge on any atom is -0.307 e. The van der Waals surface area contributed by atoms with Gasteiger partial charge in [-0.25, -0.2) is 4.39 Å². The Kier molecular flexibility index (Phi) is 4.68. The molecule has 1 aliphatic rings. The summed E-state index contributed by atoms with van der Waals surface area (Å²) in [7, 11) is 0. The fraction of sp³-hybridized carbons (Fsp3) is 0.600. The minimum atomic E-state index is -4.11. The Morgan fingerprint density at radius 2 is 2.00 bits per heavy atom. The van der Waals surface area contributed by atoms with E-state index >= 15 is 0 Å². The van der Waals surface area contributed by atoms with Crippen molar-refractivity contribution < 1.29 is 17.6 Å². The lowest BCUT2D eigenvalue weighted by atomic mass is 9.85. The summed E-state index contributed by atoms with van der Waals surface area (Å²) in [4.78, 5) is 0. The van der Waals surface area contributed by atoms with Crippen molar-refractivity contribution in [2.24, 2.45) is 5.92 Å². The molecule has 0 spiro atoms. The highest BCUT2D eigenvalue weighted by Crippen LogP contribution is 2.38. The molecule has 1 aliphatic carbocycles. The number of nitrogens with one attached hydrogen (secondary N) is 1. The van der Waals surface area contributed by atoms with Crippen LogP contribution in [0.2, 0.25) is 0 Å². The lowest BCUT2D eigenvalue weighted by Crippen LogP contribution is -2.39. The summed E-state index contributed by atoms with van der Waals surface area (Å²) >= 11 is 0. The highest BCUT2D eigenvalue weighted by molar-refractivity contribution is 5.19. The van der Waals surface area contributed by atoms with Crippen molar-refractivity contribution in [3.05, 3.63) is 35.6 Å². The molecule has 1 aromatic carbocycles. The van der Waals surface area contributed by atoms with Crippen LogP contribution in [0.4, 0.5) is 17.6 Å². The lowest BCUT2D eigenvalue weighted by Gasteiger charge is -2.33. The number of alkyl halides is 3. The van der Waals surface area contributed by atoms with E-state index in [1.54, 1.807) is 12.1 Å². The fourth-order valence-electron chi connectivity index (χ4n) is 2.86. The Hall–Kier alpha value is -1.10. The molecule has 2 rings (SSSR count). The molecule has 1 saturated carbocycles. The van der Waals surface area contributed by atoms with E-state index in [1.165, 1.54) is 12.1 Å². The molecular weight excluding hydrogens is 270 g/mol. The third-order valence-corrected chi connectivity index (χ3v) is 3.97. The second-order valence-electron chi connectivity index (χ2n) is 5.55. The average Bonchev–Trinajstić information content (AvgIpc) is 2.38. The Balaban J connectivity index is 1.96. The molecule has 0 heterocycles. The fourth-order valence-corrected chi connectivity index (χ4v) is 2.86. The first-order valence-electron chi connectivity index (χ1n) is 6.94. The molecule has 1 fully saturated rings. The van der Waals surface area contributed by atoms with Crippen molar-refractivity contribution in [1.29, 1.82) is 0 Å². The average molecular weight is 289 g/mol. The highest BCUT2D eigenvalue weighted by Gasteiger charge is 2.42. The van der Waals surface area contributed by atoms with Gasteiger partial charge in [-0.05, 0) is 43.9 Å². The van der Waals surface area contributed by atoms with Gasteiger partial charge in [-0.1, -0.05) is 18.6 Å². The molecule has 5 heteroatoms. The van der Waals surface area contributed by atoms with Crippen molar-refractivity contribution in [3.63, 3.8) is 0 Å². The van der Waals surface area contributed by atoms with Gasteiger partial charge in [-0.15, -0.1) is 0 Å². The van der Waals surface area contributed by atoms with Crippen molar-refractivity contribution in [2.45, 2.75) is 50.9 Å². The number of hydrogen-bond acceptors (Lipinski definition) is 1. The van der Waals surface area contributed by atoms with Gasteiger partial charge in [0.1, 0.15) is 5.82 Å². The van der Waals surface area contributed by atoms with Crippen LogP contribution in [0.3, 0.4) is 0 Å². The largest absolute Gasteiger partial charge is 0.391 e. The molecule has 0 aliphatic heterocycles. The van der Waals surface area contributed by atoms with Gasteiger partial charge in [0.15, 0.2) is 0 Å². The van der Waals surface area contributed by atoms with E-state index in [0.717, 1.165) is 12.0 Å². The summed E-state index contributed by atoms with van der Waals surface area (Å²) < 4.78 is 51.4. The van der Waals surface area contributed by atoms with Gasteiger partial charge in [0.05, 0.1) is 5.92 Å². The molecule has 1 aromatic rings. The summed E-state index contributed by atoms with van der Waals surface area (Å²) in [6, 6.07) is 5.86. The number of rotatable bonds is 3. The molecule has 3 atom stereocenters. The minimum absolute atomic E-state index is 0.114. The van der Waals surface area contributed by atoms with Crippen LogP contribution in [-0.2, 0) is 0 Å². The van der Waals surface area contributed by atoms with Crippen LogP contribution in [-0.4, -0.2) is 12.2 Å². The Morgan fingerprint density at radius 3 is 2.65 bits per heavy atom. The van der Waals surface area contributed by atoms with Gasteiger partial charge in [0.25, 0.3) is 0 Å². The molecule has 20 heavy (non-hydrogen) atoms. The summed E-state index contributed by atoms with van der Waals surface area (Å²) in [5, 5.41) is 3.20. The zero-order chi connectivity index (χ0) is 14.8. The van der Waals surface area contributed by atoms with Crippen LogP contribution >= 0.6 is 0 Å². The SMILES string of the molecule is C[C@@H](NC1CCCC(C(F)(F)F)C1)c1cccc(F)c1. The van der Waals surface area contributed by atoms with E-state index in [2.05, 4.69) is 5.32 Å². The van der Waals surface area contributed by atoms with Crippen molar-refractivity contribution in [2.75, 3.05) is 0 Å². The zero-order valence-electron chi connectivity index (χ0n) is 11.4. The van der Waals surface area contributed by atoms with E-state index in [4.69, 9.17) is 0 Å². The smallest absolute Gasteiger partial charge is 0.307 e. The first-order valence-corrected chi connectivity index (χ1v) is 6.94. The van der Waals surface area contributed by atoms with Gasteiger partial charge < -0.3 is 5.32 Å². The molecule has 0 aromatic heterocycles. The molecule has 0 amide bonds. The number of hydrogen-bond donors (Lipinski definition) is 1. The third-order valence-electron chi connectivity index (χ3n) is 3.97. The van der Waals surface area contributed by atoms with E-state index in [-0.39, 0.29) is 30.7 Å². The van der Waals surface area contributed by atoms with Crippen LogP contribution < -0.4 is 5.32 Å². The number of benzene rings is 1. The monoisotopic (exact) mass is 289 g/mol. The Bertz CT molecular complexity index is 444. The van der Waals surface area contributed by atoms with Gasteiger partial charge in [-0.2, -0.15) is 13.2 Å². The van der Waals surface area contributed by atoms with Crippen LogP contribution in [0.5, 0.6) is 0 Å². The third kappa shape index (κ3) is 3.95. The lowest BCUT2D eigenvalue weighted by molar-refractivity contribution is -0.183. The van der Waals surface area contributed by atoms with Crippen molar-refractivity contribution >= 4 is 0 Å². The van der Waals surface area contributed by atoms with E-state index in [1.807, 2.05) is 6.92 Å². The summed E-state index contributed by atoms with van der Waals surface area (Å²) in [5.41, 5.74) is 0.763. The van der Waals surface area contributed by atoms with Crippen LogP contribution in [0.1, 0.15) is 44.2 Å². The first kappa shape index (κ1) is 15.3. The highest BCUT2D eigenvalue weighted by atomic mass is 19.4. The molecule has 0 saturated heterocycles. The molecule has 0 radical (unpaired) electrons. The maximum absolute atomic E-state index is 13.1. The molecule has 1 nitrogen and oxygen atoms in total. The molecule has 2 unspecified atom stereocenters.